The Bertz CT molecular complexity index is 1840. The Kier molecular flexibility index (Phi) is 16.8. The van der Waals surface area contributed by atoms with Crippen molar-refractivity contribution in [1.82, 2.24) is 20.4 Å². The molecule has 312 valence electrons. The summed E-state index contributed by atoms with van der Waals surface area (Å²) in [5.74, 6) is 0.653. The van der Waals surface area contributed by atoms with E-state index in [1.165, 1.54) is 16.7 Å². The third-order valence-electron chi connectivity index (χ3n) is 12.3. The van der Waals surface area contributed by atoms with Gasteiger partial charge in [-0.25, -0.2) is 0 Å². The molecule has 4 aromatic rings. The number of hydrogen-bond donors (Lipinski definition) is 2. The average molecular weight is 810 g/mol. The summed E-state index contributed by atoms with van der Waals surface area (Å²) in [7, 11) is 8.67. The first-order valence-electron chi connectivity index (χ1n) is 20.9. The standard InChI is InChI=1S/C25H34N2O2.C24H31ClN2O2/c1-20-9-11-21(12-10-20)17-25(27(2)3)15-13-23(14-16-25)26-24(28)19-29-18-22-7-5-4-6-8-22;1-18(29-22-10-5-4-6-11-22)23(28)26-21-12-14-24(15-13-21,27(2)3)17-19-8-7-9-20(25)16-19/h4-12,23H,13-19H2,1-3H3,(H,26,28);4-11,16,18,21H,12-15,17H2,1-3H3,(H,26,28). The Hall–Kier alpha value is -4.21. The highest BCUT2D eigenvalue weighted by Gasteiger charge is 2.39. The second-order valence-corrected chi connectivity index (χ2v) is 17.3. The molecule has 2 fully saturated rings. The number of likely N-dealkylation sites (N-methyl/N-ethyl adjacent to an activating group) is 2. The number of ether oxygens (including phenoxy) is 2. The summed E-state index contributed by atoms with van der Waals surface area (Å²) in [4.78, 5) is 29.6. The van der Waals surface area contributed by atoms with Crippen molar-refractivity contribution < 1.29 is 19.1 Å². The maximum atomic E-state index is 12.6. The van der Waals surface area contributed by atoms with Crippen molar-refractivity contribution >= 4 is 23.4 Å². The van der Waals surface area contributed by atoms with Crippen LogP contribution in [0.25, 0.3) is 0 Å². The Morgan fingerprint density at radius 1 is 0.690 bits per heavy atom. The van der Waals surface area contributed by atoms with Crippen LogP contribution in [0.3, 0.4) is 0 Å². The number of nitrogens with zero attached hydrogens (tertiary/aromatic N) is 2. The van der Waals surface area contributed by atoms with Gasteiger partial charge in [-0.15, -0.1) is 0 Å². The van der Waals surface area contributed by atoms with E-state index in [1.54, 1.807) is 6.92 Å². The summed E-state index contributed by atoms with van der Waals surface area (Å²) >= 11 is 6.18. The van der Waals surface area contributed by atoms with Crippen LogP contribution < -0.4 is 15.4 Å². The van der Waals surface area contributed by atoms with Crippen molar-refractivity contribution in [2.24, 2.45) is 0 Å². The first-order chi connectivity index (χ1) is 27.8. The molecule has 2 aliphatic carbocycles. The van der Waals surface area contributed by atoms with Crippen LogP contribution in [0.4, 0.5) is 0 Å². The van der Waals surface area contributed by atoms with E-state index in [9.17, 15) is 9.59 Å². The predicted octanol–water partition coefficient (Wildman–Crippen LogP) is 8.82. The summed E-state index contributed by atoms with van der Waals surface area (Å²) < 4.78 is 11.3. The molecule has 2 aliphatic rings. The third-order valence-corrected chi connectivity index (χ3v) is 12.5. The van der Waals surface area contributed by atoms with Gasteiger partial charge >= 0.3 is 0 Å². The SMILES string of the molecule is CC(Oc1ccccc1)C(=O)NC1CCC(Cc2cccc(Cl)c2)(N(C)C)CC1.Cc1ccc(CC2(N(C)C)CCC(NC(=O)COCc3ccccc3)CC2)cc1. The molecule has 58 heavy (non-hydrogen) atoms. The van der Waals surface area contributed by atoms with Gasteiger partial charge < -0.3 is 29.9 Å². The van der Waals surface area contributed by atoms with Crippen LogP contribution in [-0.4, -0.2) is 85.7 Å². The van der Waals surface area contributed by atoms with E-state index in [-0.39, 0.29) is 41.6 Å². The maximum Gasteiger partial charge on any atom is 0.260 e. The molecule has 6 rings (SSSR count). The van der Waals surface area contributed by atoms with Gasteiger partial charge in [-0.3, -0.25) is 9.59 Å². The van der Waals surface area contributed by atoms with Crippen LogP contribution in [0.2, 0.25) is 5.02 Å². The van der Waals surface area contributed by atoms with Crippen LogP contribution in [0.1, 0.15) is 80.5 Å². The highest BCUT2D eigenvalue weighted by atomic mass is 35.5. The summed E-state index contributed by atoms with van der Waals surface area (Å²) in [6.45, 7) is 4.52. The molecule has 0 bridgehead atoms. The lowest BCUT2D eigenvalue weighted by atomic mass is 9.74. The summed E-state index contributed by atoms with van der Waals surface area (Å²) in [5.41, 5.74) is 5.30. The number of benzene rings is 4. The Balaban J connectivity index is 0.000000221. The molecule has 0 heterocycles. The van der Waals surface area contributed by atoms with Gasteiger partial charge in [0.25, 0.3) is 5.91 Å². The number of carbonyl (C=O) groups is 2. The van der Waals surface area contributed by atoms with Crippen LogP contribution in [-0.2, 0) is 33.8 Å². The first kappa shape index (κ1) is 44.9. The van der Waals surface area contributed by atoms with Crippen molar-refractivity contribution in [3.05, 3.63) is 136 Å². The fourth-order valence-corrected chi connectivity index (χ4v) is 8.67. The summed E-state index contributed by atoms with van der Waals surface area (Å²) in [6.07, 6.45) is 9.69. The number of para-hydroxylation sites is 1. The van der Waals surface area contributed by atoms with Gasteiger partial charge in [-0.2, -0.15) is 0 Å². The zero-order valence-electron chi connectivity index (χ0n) is 35.5. The highest BCUT2D eigenvalue weighted by molar-refractivity contribution is 6.30. The molecular formula is C49H65ClN4O4. The molecule has 2 saturated carbocycles. The molecule has 9 heteroatoms. The smallest absolute Gasteiger partial charge is 0.260 e. The molecule has 2 N–H and O–H groups in total. The molecule has 2 amide bonds. The van der Waals surface area contributed by atoms with Gasteiger partial charge in [0.05, 0.1) is 6.61 Å². The minimum absolute atomic E-state index is 0.0122. The van der Waals surface area contributed by atoms with E-state index < -0.39 is 6.10 Å². The number of halogens is 1. The number of aryl methyl sites for hydroxylation is 1. The number of carbonyl (C=O) groups excluding carboxylic acids is 2. The number of amides is 2. The van der Waals surface area contributed by atoms with E-state index in [2.05, 4.69) is 91.9 Å². The van der Waals surface area contributed by atoms with E-state index in [0.29, 0.717) is 12.4 Å². The lowest BCUT2D eigenvalue weighted by Crippen LogP contribution is -2.53. The van der Waals surface area contributed by atoms with E-state index in [1.807, 2.05) is 72.8 Å². The van der Waals surface area contributed by atoms with Gasteiger partial charge in [-0.05, 0) is 147 Å². The Morgan fingerprint density at radius 2 is 1.21 bits per heavy atom. The number of rotatable bonds is 15. The molecule has 0 spiro atoms. The van der Waals surface area contributed by atoms with Gasteiger partial charge in [-0.1, -0.05) is 102 Å². The topological polar surface area (TPSA) is 83.1 Å². The molecule has 0 aromatic heterocycles. The predicted molar refractivity (Wildman–Crippen MR) is 236 cm³/mol. The molecule has 0 saturated heterocycles. The average Bonchev–Trinajstić information content (AvgIpc) is 3.21. The fraction of sp³-hybridized carbons (Fsp3) is 0.469. The quantitative estimate of drug-likeness (QED) is 0.125. The van der Waals surface area contributed by atoms with Crippen LogP contribution in [0, 0.1) is 6.92 Å². The van der Waals surface area contributed by atoms with Crippen LogP contribution >= 0.6 is 11.6 Å². The summed E-state index contributed by atoms with van der Waals surface area (Å²) in [6, 6.07) is 36.9. The monoisotopic (exact) mass is 808 g/mol. The molecule has 8 nitrogen and oxygen atoms in total. The lowest BCUT2D eigenvalue weighted by molar-refractivity contribution is -0.128. The van der Waals surface area contributed by atoms with Gasteiger partial charge in [0, 0.05) is 28.2 Å². The normalized spacial score (nSPS) is 22.4. The van der Waals surface area contributed by atoms with E-state index in [0.717, 1.165) is 74.8 Å². The highest BCUT2D eigenvalue weighted by Crippen LogP contribution is 2.37. The molecule has 1 atom stereocenters. The minimum Gasteiger partial charge on any atom is -0.481 e. The summed E-state index contributed by atoms with van der Waals surface area (Å²) in [5, 5.41) is 7.14. The van der Waals surface area contributed by atoms with Crippen molar-refractivity contribution in [2.45, 2.75) is 114 Å². The lowest BCUT2D eigenvalue weighted by Gasteiger charge is -2.45. The Labute approximate surface area is 352 Å². The molecular weight excluding hydrogens is 744 g/mol. The third kappa shape index (κ3) is 13.4. The molecule has 4 aromatic carbocycles. The van der Waals surface area contributed by atoms with Gasteiger partial charge in [0.15, 0.2) is 6.10 Å². The zero-order valence-corrected chi connectivity index (χ0v) is 36.3. The Morgan fingerprint density at radius 3 is 1.76 bits per heavy atom. The van der Waals surface area contributed by atoms with Gasteiger partial charge in [0.1, 0.15) is 12.4 Å². The van der Waals surface area contributed by atoms with Crippen molar-refractivity contribution in [1.29, 1.82) is 0 Å². The molecule has 1 unspecified atom stereocenters. The van der Waals surface area contributed by atoms with Crippen molar-refractivity contribution in [3.8, 4) is 5.75 Å². The first-order valence-corrected chi connectivity index (χ1v) is 21.3. The van der Waals surface area contributed by atoms with E-state index in [4.69, 9.17) is 21.1 Å². The molecule has 0 radical (unpaired) electrons. The minimum atomic E-state index is -0.510. The van der Waals surface area contributed by atoms with Crippen molar-refractivity contribution in [3.63, 3.8) is 0 Å². The number of hydrogen-bond acceptors (Lipinski definition) is 6. The maximum absolute atomic E-state index is 12.6. The van der Waals surface area contributed by atoms with E-state index >= 15 is 0 Å². The van der Waals surface area contributed by atoms with Crippen LogP contribution in [0.15, 0.2) is 109 Å². The van der Waals surface area contributed by atoms with Crippen LogP contribution in [0.5, 0.6) is 5.75 Å². The van der Waals surface area contributed by atoms with Gasteiger partial charge in [0.2, 0.25) is 5.91 Å². The molecule has 0 aliphatic heterocycles. The number of nitrogens with one attached hydrogen (secondary N) is 2. The fourth-order valence-electron chi connectivity index (χ4n) is 8.46. The zero-order chi connectivity index (χ0) is 41.5. The largest absolute Gasteiger partial charge is 0.481 e. The second kappa shape index (κ2) is 21.7. The van der Waals surface area contributed by atoms with Crippen molar-refractivity contribution in [2.75, 3.05) is 34.8 Å². The second-order valence-electron chi connectivity index (χ2n) is 16.9.